The molecule has 5 heteroatoms. The Hall–Kier alpha value is -2.30. The van der Waals surface area contributed by atoms with Crippen molar-refractivity contribution in [3.63, 3.8) is 0 Å². The second-order valence-corrected chi connectivity index (χ2v) is 5.38. The van der Waals surface area contributed by atoms with E-state index in [0.717, 1.165) is 49.2 Å². The second kappa shape index (κ2) is 11.3. The predicted octanol–water partition coefficient (Wildman–Crippen LogP) is 4.10. The molecule has 1 aromatic rings. The van der Waals surface area contributed by atoms with Gasteiger partial charge >= 0.3 is 5.97 Å². The van der Waals surface area contributed by atoms with Crippen molar-refractivity contribution in [2.75, 3.05) is 20.8 Å². The van der Waals surface area contributed by atoms with E-state index in [1.54, 1.807) is 7.11 Å². The molecule has 0 fully saturated rings. The van der Waals surface area contributed by atoms with Gasteiger partial charge in [-0.15, -0.1) is 0 Å². The number of carbonyl (C=O) groups is 1. The summed E-state index contributed by atoms with van der Waals surface area (Å²) in [6.45, 7) is 6.50. The summed E-state index contributed by atoms with van der Waals surface area (Å²) in [4.78, 5) is 15.1. The molecule has 0 amide bonds. The Balaban J connectivity index is 2.47. The Kier molecular flexibility index (Phi) is 9.27. The number of aliphatic imine (C=N–C) groups is 1. The quantitative estimate of drug-likeness (QED) is 0.376. The number of carbonyl (C=O) groups excluding carboxylic acids is 1. The van der Waals surface area contributed by atoms with Crippen molar-refractivity contribution in [2.24, 2.45) is 4.99 Å². The number of methoxy groups -OCH3 is 2. The summed E-state index contributed by atoms with van der Waals surface area (Å²) in [6, 6.07) is 5.83. The third-order valence-electron chi connectivity index (χ3n) is 3.81. The van der Waals surface area contributed by atoms with Crippen LogP contribution in [0.1, 0.15) is 44.6 Å². The number of nitrogens with one attached hydrogen (secondary N) is 1. The first kappa shape index (κ1) is 19.7. The van der Waals surface area contributed by atoms with Gasteiger partial charge in [-0.1, -0.05) is 31.1 Å². The first-order chi connectivity index (χ1) is 11.7. The van der Waals surface area contributed by atoms with Crippen LogP contribution in [0.15, 0.2) is 29.3 Å². The minimum Gasteiger partial charge on any atom is -0.494 e. The van der Waals surface area contributed by atoms with Crippen LogP contribution in [0, 0.1) is 0 Å². The van der Waals surface area contributed by atoms with Crippen molar-refractivity contribution in [2.45, 2.75) is 39.0 Å². The van der Waals surface area contributed by atoms with Crippen molar-refractivity contribution in [1.82, 2.24) is 5.32 Å². The summed E-state index contributed by atoms with van der Waals surface area (Å²) >= 11 is 0. The van der Waals surface area contributed by atoms with Gasteiger partial charge in [0.15, 0.2) is 0 Å². The zero-order valence-corrected chi connectivity index (χ0v) is 14.9. The van der Waals surface area contributed by atoms with E-state index in [1.165, 1.54) is 7.11 Å². The molecule has 1 N–H and O–H groups in total. The number of benzene rings is 1. The Morgan fingerprint density at radius 2 is 2.00 bits per heavy atom. The van der Waals surface area contributed by atoms with Crippen molar-refractivity contribution in [3.8, 4) is 5.75 Å². The lowest BCUT2D eigenvalue weighted by Crippen LogP contribution is -2.14. The molecule has 24 heavy (non-hydrogen) atoms. The van der Waals surface area contributed by atoms with E-state index < -0.39 is 0 Å². The number of nitrogens with zero attached hydrogens (tertiary/aromatic N) is 1. The van der Waals surface area contributed by atoms with E-state index in [4.69, 9.17) is 4.74 Å². The lowest BCUT2D eigenvalue weighted by molar-refractivity contribution is -0.140. The average Bonchev–Trinajstić information content (AvgIpc) is 2.63. The largest absolute Gasteiger partial charge is 0.494 e. The van der Waals surface area contributed by atoms with Gasteiger partial charge in [0.25, 0.3) is 0 Å². The molecule has 0 saturated carbocycles. The number of hydrogen-bond donors (Lipinski definition) is 1. The molecule has 0 bridgehead atoms. The van der Waals surface area contributed by atoms with E-state index in [-0.39, 0.29) is 5.97 Å². The predicted molar refractivity (Wildman–Crippen MR) is 99.0 cm³/mol. The number of unbranched alkanes of at least 4 members (excludes halogenated alkanes) is 3. The van der Waals surface area contributed by atoms with Crippen LogP contribution in [0.5, 0.6) is 5.75 Å². The number of hydrogen-bond acceptors (Lipinski definition) is 5. The summed E-state index contributed by atoms with van der Waals surface area (Å²) in [5.41, 5.74) is 2.75. The van der Waals surface area contributed by atoms with Crippen LogP contribution in [0.4, 0.5) is 5.69 Å². The molecule has 0 aliphatic carbocycles. The summed E-state index contributed by atoms with van der Waals surface area (Å²) in [5.74, 6) is 0.582. The molecule has 0 unspecified atom stereocenters. The van der Waals surface area contributed by atoms with Gasteiger partial charge in [-0.05, 0) is 32.5 Å². The minimum atomic E-state index is -0.133. The molecule has 0 aliphatic heterocycles. The van der Waals surface area contributed by atoms with Gasteiger partial charge in [-0.2, -0.15) is 0 Å². The molecular formula is C19H28N2O3. The molecule has 0 aliphatic rings. The summed E-state index contributed by atoms with van der Waals surface area (Å²) in [6.07, 6.45) is 6.55. The van der Waals surface area contributed by atoms with E-state index >= 15 is 0 Å². The minimum absolute atomic E-state index is 0.133. The monoisotopic (exact) mass is 332 g/mol. The van der Waals surface area contributed by atoms with Gasteiger partial charge in [-0.3, -0.25) is 9.79 Å². The van der Waals surface area contributed by atoms with Crippen LogP contribution in [0.2, 0.25) is 0 Å². The van der Waals surface area contributed by atoms with Crippen LogP contribution in [0.3, 0.4) is 0 Å². The van der Waals surface area contributed by atoms with Crippen LogP contribution in [-0.2, 0) is 9.53 Å². The zero-order valence-electron chi connectivity index (χ0n) is 14.9. The average molecular weight is 332 g/mol. The van der Waals surface area contributed by atoms with Crippen LogP contribution in [-0.4, -0.2) is 33.5 Å². The maximum Gasteiger partial charge on any atom is 0.305 e. The molecule has 0 saturated heterocycles. The molecule has 1 rings (SSSR count). The van der Waals surface area contributed by atoms with Crippen molar-refractivity contribution in [3.05, 3.63) is 29.8 Å². The maximum atomic E-state index is 11.0. The fourth-order valence-corrected chi connectivity index (χ4v) is 2.49. The van der Waals surface area contributed by atoms with Crippen LogP contribution < -0.4 is 10.1 Å². The summed E-state index contributed by atoms with van der Waals surface area (Å²) < 4.78 is 9.97. The molecule has 0 aromatic heterocycles. The topological polar surface area (TPSA) is 59.9 Å². The van der Waals surface area contributed by atoms with Crippen molar-refractivity contribution >= 4 is 24.1 Å². The molecule has 5 nitrogen and oxygen atoms in total. The first-order valence-corrected chi connectivity index (χ1v) is 8.29. The van der Waals surface area contributed by atoms with Crippen LogP contribution >= 0.6 is 0 Å². The highest BCUT2D eigenvalue weighted by Gasteiger charge is 2.10. The van der Waals surface area contributed by atoms with Crippen molar-refractivity contribution < 1.29 is 14.3 Å². The number of allylic oxidation sites excluding steroid dienone is 1. The number of esters is 1. The van der Waals surface area contributed by atoms with Gasteiger partial charge in [0, 0.05) is 24.2 Å². The fourth-order valence-electron chi connectivity index (χ4n) is 2.49. The number of rotatable bonds is 11. The Bertz CT molecular complexity index is 568. The second-order valence-electron chi connectivity index (χ2n) is 5.38. The Morgan fingerprint density at radius 3 is 2.62 bits per heavy atom. The molecule has 0 heterocycles. The van der Waals surface area contributed by atoms with E-state index in [9.17, 15) is 4.79 Å². The number of para-hydroxylation sites is 1. The van der Waals surface area contributed by atoms with Crippen LogP contribution in [0.25, 0.3) is 5.70 Å². The first-order valence-electron chi connectivity index (χ1n) is 8.29. The highest BCUT2D eigenvalue weighted by atomic mass is 16.5. The SMILES string of the molecule is C=Nc1c(OC)cccc1/C(=C\C)NCCCCCCC(=O)OC. The molecule has 0 atom stereocenters. The third kappa shape index (κ3) is 6.07. The summed E-state index contributed by atoms with van der Waals surface area (Å²) in [5, 5.41) is 3.45. The fraction of sp³-hybridized carbons (Fsp3) is 0.474. The number of ether oxygens (including phenoxy) is 2. The lowest BCUT2D eigenvalue weighted by atomic mass is 10.1. The van der Waals surface area contributed by atoms with Crippen molar-refractivity contribution in [1.29, 1.82) is 0 Å². The van der Waals surface area contributed by atoms with Gasteiger partial charge in [-0.25, -0.2) is 0 Å². The molecule has 0 radical (unpaired) electrons. The molecule has 0 spiro atoms. The smallest absolute Gasteiger partial charge is 0.305 e. The van der Waals surface area contributed by atoms with Gasteiger partial charge < -0.3 is 14.8 Å². The molecular weight excluding hydrogens is 304 g/mol. The zero-order chi connectivity index (χ0) is 17.8. The highest BCUT2D eigenvalue weighted by Crippen LogP contribution is 2.34. The standard InChI is InChI=1S/C19H28N2O3/c1-5-16(15-11-10-12-17(23-3)19(15)20-2)21-14-9-7-6-8-13-18(22)24-4/h5,10-12,21H,2,6-9,13-14H2,1,3-4H3/b16-5+. The normalized spacial score (nSPS) is 11.0. The maximum absolute atomic E-state index is 11.0. The van der Waals surface area contributed by atoms with E-state index in [2.05, 4.69) is 21.8 Å². The Morgan fingerprint density at radius 1 is 1.25 bits per heavy atom. The van der Waals surface area contributed by atoms with Gasteiger partial charge in [0.1, 0.15) is 11.4 Å². The van der Waals surface area contributed by atoms with Gasteiger partial charge in [0.05, 0.1) is 14.2 Å². The Labute approximate surface area is 144 Å². The van der Waals surface area contributed by atoms with E-state index in [1.807, 2.05) is 31.2 Å². The third-order valence-corrected chi connectivity index (χ3v) is 3.81. The molecule has 1 aromatic carbocycles. The lowest BCUT2D eigenvalue weighted by Gasteiger charge is -2.15. The van der Waals surface area contributed by atoms with E-state index in [0.29, 0.717) is 12.2 Å². The highest BCUT2D eigenvalue weighted by molar-refractivity contribution is 5.78. The molecule has 132 valence electrons. The van der Waals surface area contributed by atoms with Gasteiger partial charge in [0.2, 0.25) is 0 Å². The summed E-state index contributed by atoms with van der Waals surface area (Å²) in [7, 11) is 3.06.